The van der Waals surface area contributed by atoms with Crippen molar-refractivity contribution in [1.29, 1.82) is 0 Å². The lowest BCUT2D eigenvalue weighted by molar-refractivity contribution is -0.174. The van der Waals surface area contributed by atoms with Crippen molar-refractivity contribution in [3.8, 4) is 0 Å². The molecule has 1 aromatic carbocycles. The SMILES string of the molecule is O=C(N[C@H]1CCCN2CCC[C@@H](C(=O)O)N2C1=O)c1ccccc1. The Morgan fingerprint density at radius 2 is 1.75 bits per heavy atom. The average Bonchev–Trinajstić information content (AvgIpc) is 2.75. The number of nitrogens with zero attached hydrogens (tertiary/aromatic N) is 2. The number of hydrogen-bond donors (Lipinski definition) is 2. The quantitative estimate of drug-likeness (QED) is 0.858. The van der Waals surface area contributed by atoms with Crippen LogP contribution in [-0.4, -0.2) is 58.1 Å². The predicted molar refractivity (Wildman–Crippen MR) is 86.0 cm³/mol. The first kappa shape index (κ1) is 16.4. The molecule has 24 heavy (non-hydrogen) atoms. The second-order valence-corrected chi connectivity index (χ2v) is 6.17. The lowest BCUT2D eigenvalue weighted by atomic mass is 10.1. The summed E-state index contributed by atoms with van der Waals surface area (Å²) in [4.78, 5) is 36.7. The molecule has 0 aliphatic carbocycles. The Morgan fingerprint density at radius 3 is 2.42 bits per heavy atom. The largest absolute Gasteiger partial charge is 0.480 e. The monoisotopic (exact) mass is 331 g/mol. The summed E-state index contributed by atoms with van der Waals surface area (Å²) in [5.41, 5.74) is 0.486. The number of benzene rings is 1. The first-order valence-electron chi connectivity index (χ1n) is 8.24. The van der Waals surface area contributed by atoms with Gasteiger partial charge in [-0.2, -0.15) is 0 Å². The Kier molecular flexibility index (Phi) is 4.80. The Bertz CT molecular complexity index is 634. The Labute approximate surface area is 140 Å². The van der Waals surface area contributed by atoms with Crippen LogP contribution in [0.4, 0.5) is 0 Å². The third-order valence-electron chi connectivity index (χ3n) is 4.55. The topological polar surface area (TPSA) is 89.9 Å². The number of hydrazine groups is 1. The van der Waals surface area contributed by atoms with Crippen molar-refractivity contribution >= 4 is 17.8 Å². The van der Waals surface area contributed by atoms with E-state index in [1.165, 1.54) is 5.01 Å². The van der Waals surface area contributed by atoms with Crippen LogP contribution in [0.2, 0.25) is 0 Å². The fourth-order valence-corrected chi connectivity index (χ4v) is 3.36. The van der Waals surface area contributed by atoms with Crippen molar-refractivity contribution in [3.05, 3.63) is 35.9 Å². The van der Waals surface area contributed by atoms with Gasteiger partial charge in [0.2, 0.25) is 0 Å². The van der Waals surface area contributed by atoms with Crippen LogP contribution in [0.15, 0.2) is 30.3 Å². The van der Waals surface area contributed by atoms with Gasteiger partial charge in [-0.1, -0.05) is 18.2 Å². The van der Waals surface area contributed by atoms with Gasteiger partial charge < -0.3 is 10.4 Å². The van der Waals surface area contributed by atoms with E-state index >= 15 is 0 Å². The third kappa shape index (κ3) is 3.26. The molecule has 0 saturated carbocycles. The molecule has 7 nitrogen and oxygen atoms in total. The van der Waals surface area contributed by atoms with Gasteiger partial charge in [0.05, 0.1) is 0 Å². The zero-order chi connectivity index (χ0) is 17.1. The van der Waals surface area contributed by atoms with Crippen molar-refractivity contribution < 1.29 is 19.5 Å². The Balaban J connectivity index is 1.78. The summed E-state index contributed by atoms with van der Waals surface area (Å²) in [7, 11) is 0. The molecule has 2 fully saturated rings. The van der Waals surface area contributed by atoms with Gasteiger partial charge in [-0.3, -0.25) is 14.6 Å². The van der Waals surface area contributed by atoms with Gasteiger partial charge >= 0.3 is 5.97 Å². The number of carboxylic acids is 1. The molecule has 2 saturated heterocycles. The second-order valence-electron chi connectivity index (χ2n) is 6.17. The van der Waals surface area contributed by atoms with E-state index in [0.29, 0.717) is 31.5 Å². The lowest BCUT2D eigenvalue weighted by Gasteiger charge is -2.42. The van der Waals surface area contributed by atoms with Gasteiger partial charge in [0.15, 0.2) is 0 Å². The molecule has 2 amide bonds. The highest BCUT2D eigenvalue weighted by Gasteiger charge is 2.41. The van der Waals surface area contributed by atoms with Crippen molar-refractivity contribution in [3.63, 3.8) is 0 Å². The van der Waals surface area contributed by atoms with Crippen molar-refractivity contribution in [2.45, 2.75) is 37.8 Å². The number of carbonyl (C=O) groups excluding carboxylic acids is 2. The molecule has 2 heterocycles. The van der Waals surface area contributed by atoms with Crippen LogP contribution in [0, 0.1) is 0 Å². The predicted octanol–water partition coefficient (Wildman–Crippen LogP) is 0.871. The molecule has 3 rings (SSSR count). The maximum Gasteiger partial charge on any atom is 0.328 e. The van der Waals surface area contributed by atoms with Crippen LogP contribution in [0.1, 0.15) is 36.0 Å². The minimum Gasteiger partial charge on any atom is -0.480 e. The molecule has 0 aromatic heterocycles. The standard InChI is InChI=1S/C17H21N3O4/c21-15(12-6-2-1-3-7-12)18-13-8-4-10-19-11-5-9-14(17(23)24)20(19)16(13)22/h1-3,6-7,13-14H,4-5,8-11H2,(H,18,21)(H,23,24)/t13-,14-/m0/s1. The number of hydrogen-bond acceptors (Lipinski definition) is 4. The maximum absolute atomic E-state index is 12.9. The molecule has 7 heteroatoms. The normalized spacial score (nSPS) is 24.8. The van der Waals surface area contributed by atoms with Crippen LogP contribution in [0.3, 0.4) is 0 Å². The molecular formula is C17H21N3O4. The highest BCUT2D eigenvalue weighted by molar-refractivity contribution is 5.98. The molecule has 2 aliphatic heterocycles. The smallest absolute Gasteiger partial charge is 0.328 e. The summed E-state index contributed by atoms with van der Waals surface area (Å²) < 4.78 is 0. The first-order valence-corrected chi connectivity index (χ1v) is 8.24. The van der Waals surface area contributed by atoms with Gasteiger partial charge in [-0.25, -0.2) is 9.80 Å². The van der Waals surface area contributed by atoms with Crippen LogP contribution >= 0.6 is 0 Å². The fraction of sp³-hybridized carbons (Fsp3) is 0.471. The number of amides is 2. The highest BCUT2D eigenvalue weighted by atomic mass is 16.4. The Morgan fingerprint density at radius 1 is 1.08 bits per heavy atom. The average molecular weight is 331 g/mol. The van der Waals surface area contributed by atoms with Crippen molar-refractivity contribution in [2.75, 3.05) is 13.1 Å². The summed E-state index contributed by atoms with van der Waals surface area (Å²) >= 11 is 0. The van der Waals surface area contributed by atoms with E-state index in [-0.39, 0.29) is 11.8 Å². The minimum atomic E-state index is -0.997. The van der Waals surface area contributed by atoms with Gasteiger partial charge in [-0.15, -0.1) is 0 Å². The first-order chi connectivity index (χ1) is 11.6. The van der Waals surface area contributed by atoms with E-state index in [9.17, 15) is 19.5 Å². The van der Waals surface area contributed by atoms with E-state index < -0.39 is 18.1 Å². The Hall–Kier alpha value is -2.41. The molecule has 2 N–H and O–H groups in total. The summed E-state index contributed by atoms with van der Waals surface area (Å²) in [6.45, 7) is 1.31. The van der Waals surface area contributed by atoms with Crippen LogP contribution in [0.5, 0.6) is 0 Å². The molecule has 0 unspecified atom stereocenters. The molecule has 0 spiro atoms. The second kappa shape index (κ2) is 7.00. The van der Waals surface area contributed by atoms with Crippen LogP contribution in [-0.2, 0) is 9.59 Å². The number of fused-ring (bicyclic) bond motifs is 1. The molecule has 1 aromatic rings. The third-order valence-corrected chi connectivity index (χ3v) is 4.55. The van der Waals surface area contributed by atoms with E-state index in [0.717, 1.165) is 12.8 Å². The molecule has 2 atom stereocenters. The number of nitrogens with one attached hydrogen (secondary N) is 1. The minimum absolute atomic E-state index is 0.314. The highest BCUT2D eigenvalue weighted by Crippen LogP contribution is 2.24. The molecule has 2 aliphatic rings. The molecular weight excluding hydrogens is 310 g/mol. The number of carbonyl (C=O) groups is 3. The number of aliphatic carboxylic acids is 1. The summed E-state index contributed by atoms with van der Waals surface area (Å²) in [6.07, 6.45) is 2.43. The van der Waals surface area contributed by atoms with Crippen LogP contribution in [0.25, 0.3) is 0 Å². The zero-order valence-corrected chi connectivity index (χ0v) is 13.4. The molecule has 0 radical (unpaired) electrons. The van der Waals surface area contributed by atoms with E-state index in [2.05, 4.69) is 5.32 Å². The zero-order valence-electron chi connectivity index (χ0n) is 13.4. The van der Waals surface area contributed by atoms with Crippen LogP contribution < -0.4 is 5.32 Å². The van der Waals surface area contributed by atoms with Crippen molar-refractivity contribution in [1.82, 2.24) is 15.3 Å². The number of rotatable bonds is 3. The van der Waals surface area contributed by atoms with E-state index in [4.69, 9.17) is 0 Å². The summed E-state index contributed by atoms with van der Waals surface area (Å²) in [5.74, 6) is -1.64. The maximum atomic E-state index is 12.9. The molecule has 0 bridgehead atoms. The summed E-state index contributed by atoms with van der Waals surface area (Å²) in [6, 6.07) is 7.17. The molecule has 128 valence electrons. The fourth-order valence-electron chi connectivity index (χ4n) is 3.36. The van der Waals surface area contributed by atoms with Gasteiger partial charge in [0, 0.05) is 18.7 Å². The van der Waals surface area contributed by atoms with Gasteiger partial charge in [-0.05, 0) is 37.8 Å². The van der Waals surface area contributed by atoms with E-state index in [1.807, 2.05) is 11.1 Å². The van der Waals surface area contributed by atoms with Gasteiger partial charge in [0.25, 0.3) is 11.8 Å². The summed E-state index contributed by atoms with van der Waals surface area (Å²) in [5, 5.41) is 15.4. The lowest BCUT2D eigenvalue weighted by Crippen LogP contribution is -2.61. The van der Waals surface area contributed by atoms with Crippen molar-refractivity contribution in [2.24, 2.45) is 0 Å². The number of carboxylic acid groups (broad SMARTS) is 1. The van der Waals surface area contributed by atoms with E-state index in [1.54, 1.807) is 24.3 Å². The van der Waals surface area contributed by atoms with Gasteiger partial charge in [0.1, 0.15) is 12.1 Å².